The van der Waals surface area contributed by atoms with Gasteiger partial charge in [0.2, 0.25) is 0 Å². The van der Waals surface area contributed by atoms with Gasteiger partial charge in [0.05, 0.1) is 6.61 Å². The number of hydrogen-bond donors (Lipinski definition) is 0. The Morgan fingerprint density at radius 1 is 0.462 bits per heavy atom. The van der Waals surface area contributed by atoms with Crippen molar-refractivity contribution in [2.24, 2.45) is 0 Å². The Morgan fingerprint density at radius 2 is 0.846 bits per heavy atom. The first kappa shape index (κ1) is 26.9. The van der Waals surface area contributed by atoms with Gasteiger partial charge < -0.3 is 13.9 Å². The highest BCUT2D eigenvalue weighted by Gasteiger charge is 2.29. The molecule has 5 rings (SSSR count). The molecule has 0 unspecified atom stereocenters. The average molecular weight is 551 g/mol. The molecule has 0 heterocycles. The minimum Gasteiger partial charge on any atom is -0.493 e. The van der Waals surface area contributed by atoms with E-state index in [-0.39, 0.29) is 0 Å². The summed E-state index contributed by atoms with van der Waals surface area (Å²) in [7, 11) is -5.74. The summed E-state index contributed by atoms with van der Waals surface area (Å²) in [6, 6.07) is 46.7. The van der Waals surface area contributed by atoms with Gasteiger partial charge in [0.15, 0.2) is 0 Å². The zero-order valence-corrected chi connectivity index (χ0v) is 23.6. The van der Waals surface area contributed by atoms with Gasteiger partial charge in [-0.2, -0.15) is 0 Å². The van der Waals surface area contributed by atoms with Crippen molar-refractivity contribution < 1.29 is 13.9 Å². The first-order chi connectivity index (χ1) is 19.1. The number of hydrogen-bond acceptors (Lipinski definition) is 3. The minimum absolute atomic E-state index is 0.365. The van der Waals surface area contributed by atoms with Crippen LogP contribution in [0.3, 0.4) is 0 Å². The second-order valence-corrected chi connectivity index (χ2v) is 15.3. The highest BCUT2D eigenvalue weighted by Crippen LogP contribution is 2.48. The van der Waals surface area contributed by atoms with E-state index in [0.29, 0.717) is 25.4 Å². The molecular weight excluding hydrogens is 518 g/mol. The summed E-state index contributed by atoms with van der Waals surface area (Å²) >= 11 is 0. The Bertz CT molecular complexity index is 1480. The molecule has 39 heavy (non-hydrogen) atoms. The molecule has 0 saturated carbocycles. The lowest BCUT2D eigenvalue weighted by Gasteiger charge is -2.22. The van der Waals surface area contributed by atoms with Crippen molar-refractivity contribution in [1.82, 2.24) is 0 Å². The summed E-state index contributed by atoms with van der Waals surface area (Å²) in [4.78, 5) is 0. The molecule has 0 N–H and O–H groups in total. The van der Waals surface area contributed by atoms with E-state index in [1.54, 1.807) is 0 Å². The van der Waals surface area contributed by atoms with Gasteiger partial charge in [0, 0.05) is 39.1 Å². The van der Waals surface area contributed by atoms with Crippen LogP contribution in [-0.2, 0) is 15.3 Å². The van der Waals surface area contributed by atoms with Crippen LogP contribution in [0.5, 0.6) is 5.75 Å². The molecular formula is C34H32O3P2. The average Bonchev–Trinajstić information content (AvgIpc) is 3.01. The van der Waals surface area contributed by atoms with Gasteiger partial charge in [-0.25, -0.2) is 0 Å². The standard InChI is InChI=1S/C34H32O3P2/c35-38(30-17-5-1-6-18-30,31-19-7-2-8-20-31)27-15-26-37-34-25-14-13-16-29(34)28-39(36,32-21-9-3-10-22-32)33-23-11-4-12-24-33/h1-14,16-25H,15,26-28H2. The molecule has 5 aromatic carbocycles. The smallest absolute Gasteiger partial charge is 0.147 e. The molecule has 0 aromatic heterocycles. The van der Waals surface area contributed by atoms with E-state index < -0.39 is 14.3 Å². The predicted octanol–water partition coefficient (Wildman–Crippen LogP) is 6.98. The molecule has 0 atom stereocenters. The third kappa shape index (κ3) is 6.17. The van der Waals surface area contributed by atoms with Crippen LogP contribution in [-0.4, -0.2) is 12.8 Å². The second kappa shape index (κ2) is 12.5. The topological polar surface area (TPSA) is 43.4 Å². The van der Waals surface area contributed by atoms with Crippen molar-refractivity contribution in [3.05, 3.63) is 151 Å². The first-order valence-electron chi connectivity index (χ1n) is 13.2. The second-order valence-electron chi connectivity index (χ2n) is 9.51. The third-order valence-corrected chi connectivity index (χ3v) is 13.2. The number of rotatable bonds is 11. The molecule has 0 bridgehead atoms. The number of ether oxygens (including phenoxy) is 1. The van der Waals surface area contributed by atoms with Gasteiger partial charge in [-0.3, -0.25) is 0 Å². The summed E-state index contributed by atoms with van der Waals surface area (Å²) in [6.45, 7) is 0.418. The molecule has 0 aliphatic rings. The molecule has 5 aromatic rings. The predicted molar refractivity (Wildman–Crippen MR) is 165 cm³/mol. The molecule has 0 aliphatic carbocycles. The van der Waals surface area contributed by atoms with Gasteiger partial charge in [0.1, 0.15) is 20.0 Å². The zero-order chi connectivity index (χ0) is 27.0. The van der Waals surface area contributed by atoms with E-state index >= 15 is 0 Å². The van der Waals surface area contributed by atoms with E-state index in [4.69, 9.17) is 4.74 Å². The first-order valence-corrected chi connectivity index (χ1v) is 17.0. The maximum absolute atomic E-state index is 14.6. The number of para-hydroxylation sites is 1. The summed E-state index contributed by atoms with van der Waals surface area (Å²) in [5.41, 5.74) is 0.905. The Balaban J connectivity index is 1.35. The summed E-state index contributed by atoms with van der Waals surface area (Å²) < 4.78 is 35.2. The fourth-order valence-electron chi connectivity index (χ4n) is 4.90. The molecule has 0 saturated heterocycles. The van der Waals surface area contributed by atoms with Crippen LogP contribution in [0.1, 0.15) is 12.0 Å². The normalized spacial score (nSPS) is 11.7. The summed E-state index contributed by atoms with van der Waals surface area (Å²) in [5, 5.41) is 3.39. The lowest BCUT2D eigenvalue weighted by molar-refractivity contribution is 0.315. The molecule has 0 spiro atoms. The van der Waals surface area contributed by atoms with Gasteiger partial charge in [0.25, 0.3) is 0 Å². The van der Waals surface area contributed by atoms with Crippen molar-refractivity contribution in [3.63, 3.8) is 0 Å². The molecule has 5 heteroatoms. The monoisotopic (exact) mass is 550 g/mol. The summed E-state index contributed by atoms with van der Waals surface area (Å²) in [5.74, 6) is 0.721. The van der Waals surface area contributed by atoms with Gasteiger partial charge in [-0.15, -0.1) is 0 Å². The Hall–Kier alpha value is -3.64. The van der Waals surface area contributed by atoms with Gasteiger partial charge in [-0.05, 0) is 12.5 Å². The lowest BCUT2D eigenvalue weighted by Crippen LogP contribution is -2.19. The maximum atomic E-state index is 14.6. The van der Waals surface area contributed by atoms with Crippen LogP contribution < -0.4 is 26.0 Å². The van der Waals surface area contributed by atoms with E-state index in [1.165, 1.54) is 0 Å². The molecule has 196 valence electrons. The van der Waals surface area contributed by atoms with Crippen molar-refractivity contribution in [2.75, 3.05) is 12.8 Å². The van der Waals surface area contributed by atoms with Crippen LogP contribution in [0.15, 0.2) is 146 Å². The lowest BCUT2D eigenvalue weighted by atomic mass is 10.2. The summed E-state index contributed by atoms with van der Waals surface area (Å²) in [6.07, 6.45) is 1.50. The Labute approximate surface area is 231 Å². The van der Waals surface area contributed by atoms with Crippen molar-refractivity contribution in [2.45, 2.75) is 12.6 Å². The van der Waals surface area contributed by atoms with Crippen molar-refractivity contribution in [1.29, 1.82) is 0 Å². The minimum atomic E-state index is -2.94. The van der Waals surface area contributed by atoms with E-state index in [1.807, 2.05) is 146 Å². The van der Waals surface area contributed by atoms with Crippen LogP contribution in [0.4, 0.5) is 0 Å². The van der Waals surface area contributed by atoms with Crippen molar-refractivity contribution >= 4 is 35.5 Å². The van der Waals surface area contributed by atoms with E-state index in [9.17, 15) is 9.13 Å². The molecule has 3 nitrogen and oxygen atoms in total. The van der Waals surface area contributed by atoms with Crippen LogP contribution >= 0.6 is 14.3 Å². The highest BCUT2D eigenvalue weighted by atomic mass is 31.2. The quantitative estimate of drug-likeness (QED) is 0.132. The molecule has 0 aliphatic heterocycles. The Morgan fingerprint density at radius 3 is 1.31 bits per heavy atom. The van der Waals surface area contributed by atoms with Gasteiger partial charge >= 0.3 is 0 Å². The number of benzene rings is 5. The van der Waals surface area contributed by atoms with E-state index in [2.05, 4.69) is 0 Å². The fourth-order valence-corrected chi connectivity index (χ4v) is 10.3. The SMILES string of the molecule is O=P(CCCOc1ccccc1CP(=O)(c1ccccc1)c1ccccc1)(c1ccccc1)c1ccccc1. The molecule has 0 amide bonds. The van der Waals surface area contributed by atoms with Crippen LogP contribution in [0.25, 0.3) is 0 Å². The van der Waals surface area contributed by atoms with E-state index in [0.717, 1.165) is 32.5 Å². The molecule has 0 radical (unpaired) electrons. The molecule has 0 fully saturated rings. The van der Waals surface area contributed by atoms with Gasteiger partial charge in [-0.1, -0.05) is 140 Å². The zero-order valence-electron chi connectivity index (χ0n) is 21.8. The fraction of sp³-hybridized carbons (Fsp3) is 0.118. The largest absolute Gasteiger partial charge is 0.493 e. The maximum Gasteiger partial charge on any atom is 0.147 e. The van der Waals surface area contributed by atoms with Crippen LogP contribution in [0, 0.1) is 0 Å². The van der Waals surface area contributed by atoms with Crippen molar-refractivity contribution in [3.8, 4) is 5.75 Å². The third-order valence-electron chi connectivity index (χ3n) is 6.93. The Kier molecular flexibility index (Phi) is 8.62. The highest BCUT2D eigenvalue weighted by molar-refractivity contribution is 7.78. The van der Waals surface area contributed by atoms with Crippen LogP contribution in [0.2, 0.25) is 0 Å².